The second-order valence-electron chi connectivity index (χ2n) is 4.75. The first-order valence-electron chi connectivity index (χ1n) is 6.69. The van der Waals surface area contributed by atoms with E-state index in [1.165, 1.54) is 18.2 Å². The number of anilines is 1. The Bertz CT molecular complexity index is 487. The van der Waals surface area contributed by atoms with E-state index in [1.54, 1.807) is 11.0 Å². The van der Waals surface area contributed by atoms with Crippen LogP contribution < -0.4 is 10.6 Å². The molecular weight excluding hydrogens is 261 g/mol. The third-order valence-corrected chi connectivity index (χ3v) is 3.13. The molecule has 1 aromatic rings. The number of carbonyl (C=O) groups is 2. The summed E-state index contributed by atoms with van der Waals surface area (Å²) in [5.74, 6) is -0.689. The molecule has 6 heteroatoms. The first-order valence-corrected chi connectivity index (χ1v) is 6.69. The lowest BCUT2D eigenvalue weighted by Gasteiger charge is -2.15. The number of likely N-dealkylation sites (tertiary alicyclic amines) is 1. The van der Waals surface area contributed by atoms with Crippen molar-refractivity contribution in [2.45, 2.75) is 12.8 Å². The van der Waals surface area contributed by atoms with Crippen molar-refractivity contribution in [2.24, 2.45) is 0 Å². The van der Waals surface area contributed by atoms with Crippen molar-refractivity contribution in [2.75, 3.05) is 31.5 Å². The summed E-state index contributed by atoms with van der Waals surface area (Å²) >= 11 is 0. The Morgan fingerprint density at radius 3 is 2.65 bits per heavy atom. The molecule has 2 amide bonds. The Hall–Kier alpha value is -1.95. The van der Waals surface area contributed by atoms with Crippen molar-refractivity contribution in [3.8, 4) is 0 Å². The van der Waals surface area contributed by atoms with Gasteiger partial charge in [0.2, 0.25) is 11.8 Å². The van der Waals surface area contributed by atoms with Crippen LogP contribution in [-0.2, 0) is 9.59 Å². The van der Waals surface area contributed by atoms with Crippen LogP contribution in [0.15, 0.2) is 24.3 Å². The van der Waals surface area contributed by atoms with E-state index in [1.807, 2.05) is 0 Å². The highest BCUT2D eigenvalue weighted by Crippen LogP contribution is 2.08. The van der Waals surface area contributed by atoms with Crippen LogP contribution in [-0.4, -0.2) is 42.9 Å². The minimum Gasteiger partial charge on any atom is -0.342 e. The molecule has 5 nitrogen and oxygen atoms in total. The summed E-state index contributed by atoms with van der Waals surface area (Å²) in [5.41, 5.74) is 0.405. The number of amides is 2. The molecule has 0 aliphatic carbocycles. The average Bonchev–Trinajstić information content (AvgIpc) is 2.92. The van der Waals surface area contributed by atoms with E-state index in [0.717, 1.165) is 25.9 Å². The minimum atomic E-state index is -0.403. The number of nitrogens with one attached hydrogen (secondary N) is 2. The van der Waals surface area contributed by atoms with Gasteiger partial charge in [0, 0.05) is 18.8 Å². The molecule has 1 aliphatic heterocycles. The summed E-state index contributed by atoms with van der Waals surface area (Å²) in [6.07, 6.45) is 2.09. The maximum atomic E-state index is 12.9. The van der Waals surface area contributed by atoms with Crippen LogP contribution in [0, 0.1) is 5.82 Å². The number of hydrogen-bond donors (Lipinski definition) is 2. The molecule has 2 rings (SSSR count). The Labute approximate surface area is 117 Å². The van der Waals surface area contributed by atoms with Crippen molar-refractivity contribution in [1.82, 2.24) is 10.2 Å². The fourth-order valence-corrected chi connectivity index (χ4v) is 2.13. The Balaban J connectivity index is 1.68. The molecule has 1 heterocycles. The molecule has 0 spiro atoms. The molecule has 0 saturated carbocycles. The fourth-order valence-electron chi connectivity index (χ4n) is 2.13. The second kappa shape index (κ2) is 7.00. The summed E-state index contributed by atoms with van der Waals surface area (Å²) in [4.78, 5) is 25.1. The van der Waals surface area contributed by atoms with Gasteiger partial charge in [-0.1, -0.05) is 6.07 Å². The zero-order chi connectivity index (χ0) is 14.4. The minimum absolute atomic E-state index is 0.0149. The topological polar surface area (TPSA) is 61.4 Å². The molecule has 1 aromatic carbocycles. The van der Waals surface area contributed by atoms with Crippen LogP contribution in [0.5, 0.6) is 0 Å². The largest absolute Gasteiger partial charge is 0.342 e. The Morgan fingerprint density at radius 1 is 1.20 bits per heavy atom. The van der Waals surface area contributed by atoms with Gasteiger partial charge in [-0.15, -0.1) is 0 Å². The van der Waals surface area contributed by atoms with Crippen molar-refractivity contribution in [3.05, 3.63) is 30.1 Å². The van der Waals surface area contributed by atoms with Gasteiger partial charge in [0.05, 0.1) is 13.1 Å². The average molecular weight is 279 g/mol. The molecule has 1 aliphatic rings. The molecular formula is C14H18FN3O2. The summed E-state index contributed by atoms with van der Waals surface area (Å²) in [6, 6.07) is 5.68. The molecule has 0 radical (unpaired) electrons. The van der Waals surface area contributed by atoms with Crippen LogP contribution in [0.4, 0.5) is 10.1 Å². The normalized spacial score (nSPS) is 14.3. The van der Waals surface area contributed by atoms with Crippen LogP contribution in [0.3, 0.4) is 0 Å². The number of hydrogen-bond acceptors (Lipinski definition) is 3. The monoisotopic (exact) mass is 279 g/mol. The molecule has 0 aromatic heterocycles. The summed E-state index contributed by atoms with van der Waals surface area (Å²) in [7, 11) is 0. The van der Waals surface area contributed by atoms with E-state index >= 15 is 0 Å². The zero-order valence-electron chi connectivity index (χ0n) is 11.2. The van der Waals surface area contributed by atoms with Crippen LogP contribution in [0.25, 0.3) is 0 Å². The molecule has 1 fully saturated rings. The molecule has 108 valence electrons. The lowest BCUT2D eigenvalue weighted by Crippen LogP contribution is -2.39. The second-order valence-corrected chi connectivity index (χ2v) is 4.75. The lowest BCUT2D eigenvalue weighted by atomic mass is 10.3. The van der Waals surface area contributed by atoms with Crippen molar-refractivity contribution < 1.29 is 14.0 Å². The van der Waals surface area contributed by atoms with Gasteiger partial charge < -0.3 is 10.2 Å². The van der Waals surface area contributed by atoms with Gasteiger partial charge in [-0.05, 0) is 31.0 Å². The molecule has 1 saturated heterocycles. The predicted molar refractivity (Wildman–Crippen MR) is 73.7 cm³/mol. The fraction of sp³-hybridized carbons (Fsp3) is 0.429. The maximum Gasteiger partial charge on any atom is 0.238 e. The van der Waals surface area contributed by atoms with Crippen molar-refractivity contribution in [1.29, 1.82) is 0 Å². The lowest BCUT2D eigenvalue weighted by molar-refractivity contribution is -0.129. The van der Waals surface area contributed by atoms with Crippen LogP contribution in [0.1, 0.15) is 12.8 Å². The molecule has 0 atom stereocenters. The number of nitrogens with zero attached hydrogens (tertiary/aromatic N) is 1. The van der Waals surface area contributed by atoms with E-state index < -0.39 is 5.82 Å². The molecule has 20 heavy (non-hydrogen) atoms. The third-order valence-electron chi connectivity index (χ3n) is 3.13. The van der Waals surface area contributed by atoms with Gasteiger partial charge in [0.1, 0.15) is 5.82 Å². The van der Waals surface area contributed by atoms with Crippen LogP contribution >= 0.6 is 0 Å². The first kappa shape index (κ1) is 14.5. The van der Waals surface area contributed by atoms with E-state index in [4.69, 9.17) is 0 Å². The number of rotatable bonds is 5. The third kappa shape index (κ3) is 4.31. The molecule has 0 unspecified atom stereocenters. The van der Waals surface area contributed by atoms with Crippen LogP contribution in [0.2, 0.25) is 0 Å². The van der Waals surface area contributed by atoms with E-state index in [-0.39, 0.29) is 24.9 Å². The van der Waals surface area contributed by atoms with E-state index in [9.17, 15) is 14.0 Å². The van der Waals surface area contributed by atoms with Crippen molar-refractivity contribution in [3.63, 3.8) is 0 Å². The van der Waals surface area contributed by atoms with Gasteiger partial charge in [-0.2, -0.15) is 0 Å². The molecule has 0 bridgehead atoms. The number of halogens is 1. The summed E-state index contributed by atoms with van der Waals surface area (Å²) in [6.45, 7) is 1.78. The highest BCUT2D eigenvalue weighted by atomic mass is 19.1. The van der Waals surface area contributed by atoms with Gasteiger partial charge in [-0.3, -0.25) is 14.9 Å². The quantitative estimate of drug-likeness (QED) is 0.844. The van der Waals surface area contributed by atoms with Gasteiger partial charge >= 0.3 is 0 Å². The van der Waals surface area contributed by atoms with E-state index in [0.29, 0.717) is 5.69 Å². The molecule has 2 N–H and O–H groups in total. The maximum absolute atomic E-state index is 12.9. The summed E-state index contributed by atoms with van der Waals surface area (Å²) < 4.78 is 12.9. The van der Waals surface area contributed by atoms with Gasteiger partial charge in [0.25, 0.3) is 0 Å². The SMILES string of the molecule is O=C(CNCC(=O)N1CCCC1)Nc1cccc(F)c1. The number of benzene rings is 1. The standard InChI is InChI=1S/C14H18FN3O2/c15-11-4-3-5-12(8-11)17-13(19)9-16-10-14(20)18-6-1-2-7-18/h3-5,8,16H,1-2,6-7,9-10H2,(H,17,19). The van der Waals surface area contributed by atoms with E-state index in [2.05, 4.69) is 10.6 Å². The van der Waals surface area contributed by atoms with Gasteiger partial charge in [-0.25, -0.2) is 4.39 Å². The Morgan fingerprint density at radius 2 is 1.95 bits per heavy atom. The van der Waals surface area contributed by atoms with Crippen molar-refractivity contribution >= 4 is 17.5 Å². The number of carbonyl (C=O) groups excluding carboxylic acids is 2. The summed E-state index contributed by atoms with van der Waals surface area (Å²) in [5, 5.41) is 5.36. The zero-order valence-corrected chi connectivity index (χ0v) is 11.2. The highest BCUT2D eigenvalue weighted by Gasteiger charge is 2.17. The predicted octanol–water partition coefficient (Wildman–Crippen LogP) is 0.976. The smallest absolute Gasteiger partial charge is 0.238 e. The first-order chi connectivity index (χ1) is 9.65. The Kier molecular flexibility index (Phi) is 5.06. The van der Waals surface area contributed by atoms with Gasteiger partial charge in [0.15, 0.2) is 0 Å². The highest BCUT2D eigenvalue weighted by molar-refractivity contribution is 5.92.